The molecule has 5 aromatic rings. The Hall–Kier alpha value is -5.48. The maximum atomic E-state index is 14.2. The topological polar surface area (TPSA) is 116 Å². The average molecular weight is 635 g/mol. The molecule has 6 rings (SSSR count). The zero-order chi connectivity index (χ0) is 32.4. The maximum Gasteiger partial charge on any atom is 0.338 e. The van der Waals surface area contributed by atoms with Crippen molar-refractivity contribution in [3.8, 4) is 11.5 Å². The fourth-order valence-corrected chi connectivity index (χ4v) is 6.62. The second kappa shape index (κ2) is 12.9. The van der Waals surface area contributed by atoms with Crippen LogP contribution in [0.4, 0.5) is 0 Å². The molecular weight excluding hydrogens is 604 g/mol. The van der Waals surface area contributed by atoms with Crippen molar-refractivity contribution in [2.45, 2.75) is 26.5 Å². The third-order valence-corrected chi connectivity index (χ3v) is 8.68. The number of esters is 1. The van der Waals surface area contributed by atoms with E-state index in [1.807, 2.05) is 48.5 Å². The van der Waals surface area contributed by atoms with Gasteiger partial charge in [-0.25, -0.2) is 14.6 Å². The lowest BCUT2D eigenvalue weighted by Crippen LogP contribution is -2.40. The molecule has 1 aliphatic rings. The van der Waals surface area contributed by atoms with Crippen LogP contribution in [0.25, 0.3) is 16.8 Å². The zero-order valence-corrected chi connectivity index (χ0v) is 26.2. The minimum absolute atomic E-state index is 0.174. The van der Waals surface area contributed by atoms with E-state index in [1.165, 1.54) is 17.4 Å². The van der Waals surface area contributed by atoms with Crippen LogP contribution in [0.3, 0.4) is 0 Å². The Balaban J connectivity index is 1.40. The van der Waals surface area contributed by atoms with Gasteiger partial charge in [0.25, 0.3) is 5.56 Å². The quantitative estimate of drug-likeness (QED) is 0.221. The van der Waals surface area contributed by atoms with Crippen LogP contribution < -0.4 is 24.4 Å². The first kappa shape index (κ1) is 30.5. The number of carboxylic acid groups (broad SMARTS) is 1. The van der Waals surface area contributed by atoms with Crippen LogP contribution in [0.2, 0.25) is 0 Å². The lowest BCUT2D eigenvalue weighted by Gasteiger charge is -2.27. The number of ether oxygens (including phenoxy) is 3. The molecule has 4 aromatic carbocycles. The van der Waals surface area contributed by atoms with Crippen LogP contribution in [0.5, 0.6) is 11.5 Å². The predicted molar refractivity (Wildman–Crippen MR) is 175 cm³/mol. The Morgan fingerprint density at radius 3 is 2.54 bits per heavy atom. The largest absolute Gasteiger partial charge is 0.496 e. The third kappa shape index (κ3) is 5.82. The van der Waals surface area contributed by atoms with Gasteiger partial charge in [0.15, 0.2) is 4.80 Å². The second-order valence-electron chi connectivity index (χ2n) is 10.6. The lowest BCUT2D eigenvalue weighted by atomic mass is 9.90. The number of allylic oxidation sites excluding steroid dienone is 1. The van der Waals surface area contributed by atoms with E-state index in [2.05, 4.69) is 0 Å². The first-order valence-electron chi connectivity index (χ1n) is 14.6. The summed E-state index contributed by atoms with van der Waals surface area (Å²) in [7, 11) is 1.57. The molecule has 1 aliphatic heterocycles. The third-order valence-electron chi connectivity index (χ3n) is 7.70. The van der Waals surface area contributed by atoms with Gasteiger partial charge in [0.2, 0.25) is 0 Å². The van der Waals surface area contributed by atoms with Gasteiger partial charge < -0.3 is 19.3 Å². The van der Waals surface area contributed by atoms with Crippen molar-refractivity contribution >= 4 is 40.1 Å². The summed E-state index contributed by atoms with van der Waals surface area (Å²) in [6, 6.07) is 24.6. The zero-order valence-electron chi connectivity index (χ0n) is 25.4. The summed E-state index contributed by atoms with van der Waals surface area (Å²) in [5, 5.41) is 11.0. The average Bonchev–Trinajstić information content (AvgIpc) is 3.37. The van der Waals surface area contributed by atoms with E-state index in [-0.39, 0.29) is 29.9 Å². The molecule has 1 aromatic heterocycles. The van der Waals surface area contributed by atoms with Crippen molar-refractivity contribution in [1.82, 2.24) is 4.57 Å². The Bertz CT molecular complexity index is 2200. The Labute approximate surface area is 267 Å². The summed E-state index contributed by atoms with van der Waals surface area (Å²) < 4.78 is 19.1. The number of carbonyl (C=O) groups is 2. The molecule has 0 fully saturated rings. The van der Waals surface area contributed by atoms with E-state index >= 15 is 0 Å². The van der Waals surface area contributed by atoms with Crippen LogP contribution in [0.1, 0.15) is 46.9 Å². The molecule has 10 heteroatoms. The van der Waals surface area contributed by atoms with Crippen LogP contribution in [0, 0.1) is 0 Å². The normalized spacial score (nSPS) is 14.5. The Kier molecular flexibility index (Phi) is 8.54. The molecule has 0 amide bonds. The van der Waals surface area contributed by atoms with E-state index < -0.39 is 18.0 Å². The summed E-state index contributed by atoms with van der Waals surface area (Å²) in [5.41, 5.74) is 2.85. The highest BCUT2D eigenvalue weighted by molar-refractivity contribution is 7.07. The summed E-state index contributed by atoms with van der Waals surface area (Å²) >= 11 is 1.24. The van der Waals surface area contributed by atoms with E-state index in [9.17, 15) is 19.5 Å². The summed E-state index contributed by atoms with van der Waals surface area (Å²) in [6.45, 7) is 3.88. The van der Waals surface area contributed by atoms with Crippen molar-refractivity contribution in [3.63, 3.8) is 0 Å². The van der Waals surface area contributed by atoms with Gasteiger partial charge in [-0.2, -0.15) is 0 Å². The number of aromatic nitrogens is 1. The van der Waals surface area contributed by atoms with Crippen LogP contribution in [-0.2, 0) is 16.1 Å². The number of hydrogen-bond acceptors (Lipinski definition) is 8. The van der Waals surface area contributed by atoms with E-state index in [1.54, 1.807) is 61.9 Å². The van der Waals surface area contributed by atoms with Crippen molar-refractivity contribution in [2.75, 3.05) is 13.7 Å². The summed E-state index contributed by atoms with van der Waals surface area (Å²) in [6.07, 6.45) is 1.78. The number of nitrogens with zero attached hydrogens (tertiary/aromatic N) is 2. The number of thiazole rings is 1. The highest BCUT2D eigenvalue weighted by Crippen LogP contribution is 2.40. The molecular formula is C36H30N2O7S. The van der Waals surface area contributed by atoms with Gasteiger partial charge >= 0.3 is 11.9 Å². The van der Waals surface area contributed by atoms with Crippen molar-refractivity contribution < 1.29 is 28.9 Å². The van der Waals surface area contributed by atoms with Crippen LogP contribution >= 0.6 is 11.3 Å². The van der Waals surface area contributed by atoms with E-state index in [0.717, 1.165) is 21.9 Å². The first-order valence-corrected chi connectivity index (χ1v) is 15.4. The number of benzene rings is 4. The molecule has 9 nitrogen and oxygen atoms in total. The number of carbonyl (C=O) groups excluding carboxylic acids is 1. The molecule has 46 heavy (non-hydrogen) atoms. The van der Waals surface area contributed by atoms with Crippen LogP contribution in [-0.4, -0.2) is 35.3 Å². The number of fused-ring (bicyclic) bond motifs is 2. The molecule has 0 aliphatic carbocycles. The van der Waals surface area contributed by atoms with Crippen LogP contribution in [0.15, 0.2) is 106 Å². The van der Waals surface area contributed by atoms with Gasteiger partial charge in [0.05, 0.1) is 35.1 Å². The molecule has 232 valence electrons. The Morgan fingerprint density at radius 2 is 1.80 bits per heavy atom. The molecule has 0 spiro atoms. The van der Waals surface area contributed by atoms with Gasteiger partial charge in [0, 0.05) is 5.56 Å². The number of hydrogen-bond donors (Lipinski definition) is 1. The van der Waals surface area contributed by atoms with Crippen molar-refractivity contribution in [3.05, 3.63) is 138 Å². The molecule has 0 unspecified atom stereocenters. The van der Waals surface area contributed by atoms with Gasteiger partial charge in [-0.05, 0) is 72.2 Å². The number of aromatic carboxylic acids is 1. The molecule has 1 atom stereocenters. The standard InChI is InChI=1S/C36H30N2O7S/c1-4-44-35(42)30-21(2)37-36-38(32(30)31-27-11-6-5-9-24(27)14-17-28(31)43-3)33(39)29(46-36)19-22-12-15-26(16-13-22)45-20-23-8-7-10-25(18-23)34(40)41/h5-19,32H,4,20H2,1-3H3,(H,40,41)/b29-19-/t32-/m0/s1. The van der Waals surface area contributed by atoms with E-state index in [0.29, 0.717) is 32.1 Å². The van der Waals surface area contributed by atoms with Gasteiger partial charge in [-0.15, -0.1) is 0 Å². The molecule has 1 N–H and O–H groups in total. The monoisotopic (exact) mass is 634 g/mol. The number of methoxy groups -OCH3 is 1. The molecule has 0 saturated heterocycles. The molecule has 2 heterocycles. The second-order valence-corrected chi connectivity index (χ2v) is 11.6. The molecule has 0 saturated carbocycles. The molecule has 0 bridgehead atoms. The number of carboxylic acids is 1. The van der Waals surface area contributed by atoms with Crippen molar-refractivity contribution in [1.29, 1.82) is 0 Å². The van der Waals surface area contributed by atoms with Gasteiger partial charge in [-0.1, -0.05) is 65.9 Å². The predicted octanol–water partition coefficient (Wildman–Crippen LogP) is 5.24. The fourth-order valence-electron chi connectivity index (χ4n) is 5.57. The highest BCUT2D eigenvalue weighted by Gasteiger charge is 2.36. The minimum atomic E-state index is -0.994. The van der Waals surface area contributed by atoms with E-state index in [4.69, 9.17) is 19.2 Å². The highest BCUT2D eigenvalue weighted by atomic mass is 32.1. The smallest absolute Gasteiger partial charge is 0.338 e. The summed E-state index contributed by atoms with van der Waals surface area (Å²) in [4.78, 5) is 44.0. The maximum absolute atomic E-state index is 14.2. The fraction of sp³-hybridized carbons (Fsp3) is 0.167. The SMILES string of the molecule is CCOC(=O)C1=C(C)N=c2s/c(=C\c3ccc(OCc4cccc(C(=O)O)c4)cc3)c(=O)n2[C@@H]1c1c(OC)ccc2ccccc12. The number of rotatable bonds is 9. The van der Waals surface area contributed by atoms with Gasteiger partial charge in [-0.3, -0.25) is 9.36 Å². The minimum Gasteiger partial charge on any atom is -0.496 e. The van der Waals surface area contributed by atoms with Crippen molar-refractivity contribution in [2.24, 2.45) is 4.99 Å². The Morgan fingerprint density at radius 1 is 1.02 bits per heavy atom. The first-order chi connectivity index (χ1) is 22.3. The lowest BCUT2D eigenvalue weighted by molar-refractivity contribution is -0.139. The summed E-state index contributed by atoms with van der Waals surface area (Å²) in [5.74, 6) is -0.397. The van der Waals surface area contributed by atoms with Gasteiger partial charge in [0.1, 0.15) is 24.1 Å². The molecule has 0 radical (unpaired) electrons.